The first kappa shape index (κ1) is 23.7. The first-order valence-corrected chi connectivity index (χ1v) is 8.90. The van der Waals surface area contributed by atoms with Gasteiger partial charge in [0.05, 0.1) is 46.2 Å². The van der Waals surface area contributed by atoms with Crippen molar-refractivity contribution in [2.75, 3.05) is 59.3 Å². The van der Waals surface area contributed by atoms with E-state index in [0.29, 0.717) is 33.0 Å². The number of aliphatic hydroxyl groups is 1. The van der Waals surface area contributed by atoms with Crippen molar-refractivity contribution in [1.29, 1.82) is 0 Å². The summed E-state index contributed by atoms with van der Waals surface area (Å²) < 4.78 is 15.7. The summed E-state index contributed by atoms with van der Waals surface area (Å²) in [5.41, 5.74) is 0.729. The van der Waals surface area contributed by atoms with Crippen LogP contribution < -0.4 is 5.32 Å². The molecule has 0 atom stereocenters. The van der Waals surface area contributed by atoms with Crippen LogP contribution in [0.25, 0.3) is 0 Å². The molecule has 1 aromatic rings. The number of carbonyl (C=O) groups is 1. The highest BCUT2D eigenvalue weighted by Gasteiger charge is 1.91. The Bertz CT molecular complexity index is 361. The molecule has 0 bridgehead atoms. The lowest BCUT2D eigenvalue weighted by atomic mass is 10.2. The highest BCUT2D eigenvalue weighted by atomic mass is 16.5. The molecule has 0 saturated carbocycles. The van der Waals surface area contributed by atoms with E-state index in [1.165, 1.54) is 12.8 Å². The zero-order chi connectivity index (χ0) is 18.4. The van der Waals surface area contributed by atoms with Crippen molar-refractivity contribution < 1.29 is 24.1 Å². The lowest BCUT2D eigenvalue weighted by Crippen LogP contribution is -2.21. The molecule has 0 aliphatic rings. The van der Waals surface area contributed by atoms with Gasteiger partial charge in [-0.1, -0.05) is 43.7 Å². The Labute approximate surface area is 151 Å². The molecular formula is C19H33NO5. The fourth-order valence-electron chi connectivity index (χ4n) is 1.71. The van der Waals surface area contributed by atoms with Crippen LogP contribution in [0, 0.1) is 0 Å². The standard InChI is InChI=1S/C12H27NO4.C7H6O/c1-2-3-4-13-5-7-15-9-11-17-12-10-16-8-6-14;8-6-7-4-2-1-3-5-7/h13-14H,2-12H2,1H3;1-6H. The highest BCUT2D eigenvalue weighted by Crippen LogP contribution is 1.91. The fraction of sp³-hybridized carbons (Fsp3) is 0.632. The van der Waals surface area contributed by atoms with Crippen LogP contribution in [0.15, 0.2) is 30.3 Å². The minimum Gasteiger partial charge on any atom is -0.394 e. The van der Waals surface area contributed by atoms with Crippen molar-refractivity contribution in [3.05, 3.63) is 35.9 Å². The van der Waals surface area contributed by atoms with Gasteiger partial charge in [-0.05, 0) is 13.0 Å². The molecule has 0 radical (unpaired) electrons. The van der Waals surface area contributed by atoms with E-state index in [1.54, 1.807) is 12.1 Å². The van der Waals surface area contributed by atoms with Crippen LogP contribution in [0.3, 0.4) is 0 Å². The first-order chi connectivity index (χ1) is 12.3. The molecule has 0 aliphatic heterocycles. The molecule has 0 saturated heterocycles. The van der Waals surface area contributed by atoms with E-state index >= 15 is 0 Å². The van der Waals surface area contributed by atoms with Gasteiger partial charge in [-0.15, -0.1) is 0 Å². The van der Waals surface area contributed by atoms with Gasteiger partial charge in [0.1, 0.15) is 6.29 Å². The molecule has 2 N–H and O–H groups in total. The van der Waals surface area contributed by atoms with Gasteiger partial charge < -0.3 is 24.6 Å². The van der Waals surface area contributed by atoms with Crippen molar-refractivity contribution in [3.63, 3.8) is 0 Å². The monoisotopic (exact) mass is 355 g/mol. The predicted molar refractivity (Wildman–Crippen MR) is 99.2 cm³/mol. The van der Waals surface area contributed by atoms with Crippen molar-refractivity contribution in [2.24, 2.45) is 0 Å². The van der Waals surface area contributed by atoms with Crippen molar-refractivity contribution >= 4 is 6.29 Å². The summed E-state index contributed by atoms with van der Waals surface area (Å²) in [7, 11) is 0. The van der Waals surface area contributed by atoms with Crippen LogP contribution in [0.2, 0.25) is 0 Å². The van der Waals surface area contributed by atoms with E-state index in [4.69, 9.17) is 19.3 Å². The normalized spacial score (nSPS) is 10.2. The van der Waals surface area contributed by atoms with Crippen LogP contribution in [-0.4, -0.2) is 70.7 Å². The number of hydrogen-bond donors (Lipinski definition) is 2. The summed E-state index contributed by atoms with van der Waals surface area (Å²) in [5, 5.41) is 11.8. The van der Waals surface area contributed by atoms with Crippen molar-refractivity contribution in [3.8, 4) is 0 Å². The summed E-state index contributed by atoms with van der Waals surface area (Å²) in [6.07, 6.45) is 3.27. The number of nitrogens with one attached hydrogen (secondary N) is 1. The molecule has 1 rings (SSSR count). The predicted octanol–water partition coefficient (Wildman–Crippen LogP) is 1.92. The number of aliphatic hydroxyl groups excluding tert-OH is 1. The zero-order valence-corrected chi connectivity index (χ0v) is 15.3. The van der Waals surface area contributed by atoms with E-state index in [-0.39, 0.29) is 6.61 Å². The molecule has 0 unspecified atom stereocenters. The van der Waals surface area contributed by atoms with Crippen LogP contribution in [-0.2, 0) is 14.2 Å². The van der Waals surface area contributed by atoms with E-state index in [1.807, 2.05) is 18.2 Å². The van der Waals surface area contributed by atoms with Crippen LogP contribution in [0.1, 0.15) is 30.1 Å². The van der Waals surface area contributed by atoms with Gasteiger partial charge in [0, 0.05) is 12.1 Å². The average Bonchev–Trinajstić information content (AvgIpc) is 2.67. The maximum absolute atomic E-state index is 10.0. The zero-order valence-electron chi connectivity index (χ0n) is 15.3. The SMILES string of the molecule is CCCCNCCOCCOCCOCCO.O=Cc1ccccc1. The van der Waals surface area contributed by atoms with Crippen LogP contribution >= 0.6 is 0 Å². The Kier molecular flexibility index (Phi) is 19.6. The molecule has 0 aromatic heterocycles. The number of rotatable bonds is 15. The molecule has 0 fully saturated rings. The van der Waals surface area contributed by atoms with Gasteiger partial charge in [0.15, 0.2) is 0 Å². The Morgan fingerprint density at radius 3 is 2.04 bits per heavy atom. The molecule has 25 heavy (non-hydrogen) atoms. The number of unbranched alkanes of at least 4 members (excludes halogenated alkanes) is 1. The third-order valence-electron chi connectivity index (χ3n) is 3.05. The van der Waals surface area contributed by atoms with Gasteiger partial charge in [0.2, 0.25) is 0 Å². The second kappa shape index (κ2) is 20.7. The Morgan fingerprint density at radius 2 is 1.52 bits per heavy atom. The smallest absolute Gasteiger partial charge is 0.150 e. The van der Waals surface area contributed by atoms with E-state index in [0.717, 1.165) is 31.5 Å². The number of ether oxygens (including phenoxy) is 3. The lowest BCUT2D eigenvalue weighted by Gasteiger charge is -2.07. The topological polar surface area (TPSA) is 77.0 Å². The second-order valence-electron chi connectivity index (χ2n) is 5.19. The summed E-state index contributed by atoms with van der Waals surface area (Å²) in [5.74, 6) is 0. The quantitative estimate of drug-likeness (QED) is 0.370. The van der Waals surface area contributed by atoms with Gasteiger partial charge >= 0.3 is 0 Å². The van der Waals surface area contributed by atoms with E-state index in [2.05, 4.69) is 12.2 Å². The van der Waals surface area contributed by atoms with Crippen molar-refractivity contribution in [1.82, 2.24) is 5.32 Å². The summed E-state index contributed by atoms with van der Waals surface area (Å²) in [4.78, 5) is 10.0. The Hall–Kier alpha value is -1.31. The third-order valence-corrected chi connectivity index (χ3v) is 3.05. The molecular weight excluding hydrogens is 322 g/mol. The second-order valence-corrected chi connectivity index (χ2v) is 5.19. The maximum atomic E-state index is 10.0. The molecule has 0 spiro atoms. The molecule has 0 amide bonds. The third kappa shape index (κ3) is 18.9. The van der Waals surface area contributed by atoms with Gasteiger partial charge in [-0.2, -0.15) is 0 Å². The van der Waals surface area contributed by atoms with Gasteiger partial charge in [0.25, 0.3) is 0 Å². The number of hydrogen-bond acceptors (Lipinski definition) is 6. The van der Waals surface area contributed by atoms with Crippen LogP contribution in [0.5, 0.6) is 0 Å². The van der Waals surface area contributed by atoms with Gasteiger partial charge in [-0.25, -0.2) is 0 Å². The molecule has 6 nitrogen and oxygen atoms in total. The summed E-state index contributed by atoms with van der Waals surface area (Å²) >= 11 is 0. The van der Waals surface area contributed by atoms with E-state index in [9.17, 15) is 4.79 Å². The molecule has 144 valence electrons. The van der Waals surface area contributed by atoms with E-state index < -0.39 is 0 Å². The molecule has 1 aromatic carbocycles. The maximum Gasteiger partial charge on any atom is 0.150 e. The molecule has 0 heterocycles. The lowest BCUT2D eigenvalue weighted by molar-refractivity contribution is 0.00822. The Balaban J connectivity index is 0.000000593. The Morgan fingerprint density at radius 1 is 0.920 bits per heavy atom. The summed E-state index contributed by atoms with van der Waals surface area (Å²) in [6.45, 7) is 7.62. The molecule has 0 aliphatic carbocycles. The van der Waals surface area contributed by atoms with Crippen LogP contribution in [0.4, 0.5) is 0 Å². The largest absolute Gasteiger partial charge is 0.394 e. The number of carbonyl (C=O) groups excluding carboxylic acids is 1. The average molecular weight is 355 g/mol. The first-order valence-electron chi connectivity index (χ1n) is 8.90. The highest BCUT2D eigenvalue weighted by molar-refractivity contribution is 5.74. The molecule has 6 heteroatoms. The fourth-order valence-corrected chi connectivity index (χ4v) is 1.71. The number of benzene rings is 1. The minimum absolute atomic E-state index is 0.0636. The minimum atomic E-state index is 0.0636. The summed E-state index contributed by atoms with van der Waals surface area (Å²) in [6, 6.07) is 9.10. The number of aldehydes is 1. The van der Waals surface area contributed by atoms with Gasteiger partial charge in [-0.3, -0.25) is 4.79 Å². The van der Waals surface area contributed by atoms with Crippen molar-refractivity contribution in [2.45, 2.75) is 19.8 Å².